The minimum absolute atomic E-state index is 0.0623. The predicted octanol–water partition coefficient (Wildman–Crippen LogP) is 2.30. The number of hydrogen-bond acceptors (Lipinski definition) is 3. The van der Waals surface area contributed by atoms with Crippen molar-refractivity contribution in [3.8, 4) is 0 Å². The van der Waals surface area contributed by atoms with Gasteiger partial charge in [-0.3, -0.25) is 9.59 Å². The number of hydrogen-bond donors (Lipinski definition) is 0. The molecule has 6 heteroatoms. The Morgan fingerprint density at radius 2 is 2.12 bits per heavy atom. The van der Waals surface area contributed by atoms with Crippen LogP contribution >= 0.6 is 38.5 Å². The molecule has 0 aromatic heterocycles. The fraction of sp³-hybridized carbons (Fsp3) is 0.273. The molecule has 0 atom stereocenters. The summed E-state index contributed by atoms with van der Waals surface area (Å²) in [4.78, 5) is 24.5. The monoisotopic (exact) mass is 411 g/mol. The van der Waals surface area contributed by atoms with Crippen molar-refractivity contribution in [1.82, 2.24) is 4.90 Å². The van der Waals surface area contributed by atoms with Crippen LogP contribution in [0.5, 0.6) is 0 Å². The van der Waals surface area contributed by atoms with Gasteiger partial charge in [0.15, 0.2) is 0 Å². The van der Waals surface area contributed by atoms with Gasteiger partial charge in [0.25, 0.3) is 5.91 Å². The summed E-state index contributed by atoms with van der Waals surface area (Å²) < 4.78 is 6.18. The van der Waals surface area contributed by atoms with Gasteiger partial charge in [-0.1, -0.05) is 0 Å². The fourth-order valence-corrected chi connectivity index (χ4v) is 2.10. The summed E-state index contributed by atoms with van der Waals surface area (Å²) in [6.07, 6.45) is 0. The molecule has 0 heterocycles. The molecule has 0 saturated carbocycles. The highest BCUT2D eigenvalue weighted by molar-refractivity contribution is 14.1. The number of amides is 1. The lowest BCUT2D eigenvalue weighted by atomic mass is 10.2. The van der Waals surface area contributed by atoms with Gasteiger partial charge in [0.1, 0.15) is 6.54 Å². The Hall–Kier alpha value is -0.630. The molecular weight excluding hydrogens is 401 g/mol. The Kier molecular flexibility index (Phi) is 5.38. The average molecular weight is 412 g/mol. The number of carbonyl (C=O) groups excluding carboxylic acids is 2. The zero-order chi connectivity index (χ0) is 13.0. The normalized spacial score (nSPS) is 9.88. The van der Waals surface area contributed by atoms with Crippen molar-refractivity contribution in [2.75, 3.05) is 20.7 Å². The first kappa shape index (κ1) is 14.4. The minimum atomic E-state index is -0.442. The molecule has 0 spiro atoms. The quantitative estimate of drug-likeness (QED) is 0.566. The van der Waals surface area contributed by atoms with Gasteiger partial charge in [0.2, 0.25) is 0 Å². The van der Waals surface area contributed by atoms with E-state index < -0.39 is 5.97 Å². The maximum atomic E-state index is 12.1. The zero-order valence-electron chi connectivity index (χ0n) is 9.37. The van der Waals surface area contributed by atoms with Crippen LogP contribution in [0.3, 0.4) is 0 Å². The van der Waals surface area contributed by atoms with Crippen LogP contribution in [0, 0.1) is 3.57 Å². The highest BCUT2D eigenvalue weighted by Crippen LogP contribution is 2.20. The van der Waals surface area contributed by atoms with Gasteiger partial charge >= 0.3 is 5.97 Å². The van der Waals surface area contributed by atoms with Crippen LogP contribution in [0.4, 0.5) is 0 Å². The predicted molar refractivity (Wildman–Crippen MR) is 75.8 cm³/mol. The lowest BCUT2D eigenvalue weighted by molar-refractivity contribution is -0.141. The number of methoxy groups -OCH3 is 1. The summed E-state index contributed by atoms with van der Waals surface area (Å²) in [6.45, 7) is -0.0623. The third kappa shape index (κ3) is 3.95. The Morgan fingerprint density at radius 1 is 1.47 bits per heavy atom. The van der Waals surface area contributed by atoms with E-state index in [1.807, 2.05) is 6.07 Å². The van der Waals surface area contributed by atoms with E-state index in [9.17, 15) is 9.59 Å². The van der Waals surface area contributed by atoms with Crippen molar-refractivity contribution in [3.05, 3.63) is 31.8 Å². The molecule has 0 saturated heterocycles. The highest BCUT2D eigenvalue weighted by Gasteiger charge is 2.17. The number of rotatable bonds is 3. The second-order valence-corrected chi connectivity index (χ2v) is 5.46. The number of esters is 1. The number of halogens is 2. The first-order chi connectivity index (χ1) is 7.95. The molecule has 1 rings (SSSR count). The summed E-state index contributed by atoms with van der Waals surface area (Å²) in [7, 11) is 2.85. The molecule has 0 aliphatic carbocycles. The highest BCUT2D eigenvalue weighted by atomic mass is 127. The van der Waals surface area contributed by atoms with Crippen LogP contribution in [0.25, 0.3) is 0 Å². The van der Waals surface area contributed by atoms with Gasteiger partial charge in [-0.2, -0.15) is 0 Å². The Balaban J connectivity index is 2.88. The Bertz CT molecular complexity index is 450. The van der Waals surface area contributed by atoms with Crippen LogP contribution < -0.4 is 0 Å². The van der Waals surface area contributed by atoms with E-state index in [2.05, 4.69) is 43.3 Å². The van der Waals surface area contributed by atoms with Crippen LogP contribution in [0.1, 0.15) is 10.4 Å². The molecule has 0 radical (unpaired) electrons. The van der Waals surface area contributed by atoms with E-state index in [1.54, 1.807) is 19.2 Å². The van der Waals surface area contributed by atoms with E-state index >= 15 is 0 Å². The number of likely N-dealkylation sites (N-methyl/N-ethyl adjacent to an activating group) is 1. The molecule has 0 unspecified atom stereocenters. The first-order valence-electron chi connectivity index (χ1n) is 4.73. The number of ether oxygens (including phenoxy) is 1. The van der Waals surface area contributed by atoms with Gasteiger partial charge in [-0.25, -0.2) is 0 Å². The molecule has 17 heavy (non-hydrogen) atoms. The third-order valence-corrected chi connectivity index (χ3v) is 3.46. The van der Waals surface area contributed by atoms with Crippen molar-refractivity contribution in [3.63, 3.8) is 0 Å². The standard InChI is InChI=1S/C11H11BrINO3/c1-14(6-10(15)17-2)11(16)8-5-7(13)3-4-9(8)12/h3-5H,6H2,1-2H3. The SMILES string of the molecule is COC(=O)CN(C)C(=O)c1cc(I)ccc1Br. The van der Waals surface area contributed by atoms with Crippen molar-refractivity contribution in [1.29, 1.82) is 0 Å². The van der Waals surface area contributed by atoms with Crippen LogP contribution in [0.2, 0.25) is 0 Å². The minimum Gasteiger partial charge on any atom is -0.468 e. The van der Waals surface area contributed by atoms with E-state index in [1.165, 1.54) is 12.0 Å². The van der Waals surface area contributed by atoms with Crippen LogP contribution in [0.15, 0.2) is 22.7 Å². The number of nitrogens with zero attached hydrogens (tertiary/aromatic N) is 1. The van der Waals surface area contributed by atoms with Crippen molar-refractivity contribution >= 4 is 50.4 Å². The van der Waals surface area contributed by atoms with E-state index in [0.717, 1.165) is 3.57 Å². The van der Waals surface area contributed by atoms with Gasteiger partial charge < -0.3 is 9.64 Å². The molecule has 0 bridgehead atoms. The summed E-state index contributed by atoms with van der Waals surface area (Å²) in [5, 5.41) is 0. The zero-order valence-corrected chi connectivity index (χ0v) is 13.1. The van der Waals surface area contributed by atoms with Crippen LogP contribution in [-0.2, 0) is 9.53 Å². The summed E-state index contributed by atoms with van der Waals surface area (Å²) in [5.41, 5.74) is 0.531. The van der Waals surface area contributed by atoms with Crippen molar-refractivity contribution in [2.45, 2.75) is 0 Å². The molecule has 0 fully saturated rings. The van der Waals surface area contributed by atoms with Gasteiger partial charge in [-0.15, -0.1) is 0 Å². The number of benzene rings is 1. The second kappa shape index (κ2) is 6.34. The van der Waals surface area contributed by atoms with E-state index in [0.29, 0.717) is 10.0 Å². The third-order valence-electron chi connectivity index (χ3n) is 2.10. The summed E-state index contributed by atoms with van der Waals surface area (Å²) >= 11 is 5.44. The molecule has 0 aliphatic rings. The molecule has 4 nitrogen and oxygen atoms in total. The maximum absolute atomic E-state index is 12.1. The van der Waals surface area contributed by atoms with Crippen molar-refractivity contribution in [2.24, 2.45) is 0 Å². The average Bonchev–Trinajstić information content (AvgIpc) is 2.31. The van der Waals surface area contributed by atoms with E-state index in [-0.39, 0.29) is 12.5 Å². The van der Waals surface area contributed by atoms with Crippen LogP contribution in [-0.4, -0.2) is 37.5 Å². The summed E-state index contributed by atoms with van der Waals surface area (Å²) in [6, 6.07) is 5.46. The Morgan fingerprint density at radius 3 is 2.71 bits per heavy atom. The Labute approximate surface area is 122 Å². The van der Waals surface area contributed by atoms with Gasteiger partial charge in [0.05, 0.1) is 12.7 Å². The topological polar surface area (TPSA) is 46.6 Å². The molecule has 1 amide bonds. The molecule has 92 valence electrons. The smallest absolute Gasteiger partial charge is 0.325 e. The first-order valence-corrected chi connectivity index (χ1v) is 6.60. The van der Waals surface area contributed by atoms with Gasteiger partial charge in [-0.05, 0) is 56.7 Å². The molecule has 0 aliphatic heterocycles. The molecule has 1 aromatic carbocycles. The molecule has 1 aromatic rings. The van der Waals surface area contributed by atoms with Gasteiger partial charge in [0, 0.05) is 15.1 Å². The maximum Gasteiger partial charge on any atom is 0.325 e. The fourth-order valence-electron chi connectivity index (χ4n) is 1.20. The lowest BCUT2D eigenvalue weighted by Gasteiger charge is -2.16. The van der Waals surface area contributed by atoms with E-state index in [4.69, 9.17) is 0 Å². The lowest BCUT2D eigenvalue weighted by Crippen LogP contribution is -2.32. The molecular formula is C11H11BrINO3. The largest absolute Gasteiger partial charge is 0.468 e. The second-order valence-electron chi connectivity index (χ2n) is 3.36. The molecule has 0 N–H and O–H groups in total. The summed E-state index contributed by atoms with van der Waals surface area (Å²) in [5.74, 6) is -0.664. The van der Waals surface area contributed by atoms with Crippen molar-refractivity contribution < 1.29 is 14.3 Å². The number of carbonyl (C=O) groups is 2.